The van der Waals surface area contributed by atoms with Gasteiger partial charge in [0, 0.05) is 17.7 Å². The molecule has 0 saturated heterocycles. The molecule has 0 aromatic heterocycles. The molecule has 0 amide bonds. The normalized spacial score (nSPS) is 18.4. The van der Waals surface area contributed by atoms with Crippen molar-refractivity contribution in [1.82, 2.24) is 0 Å². The Morgan fingerprint density at radius 2 is 1.72 bits per heavy atom. The minimum atomic E-state index is -0.470. The fourth-order valence-corrected chi connectivity index (χ4v) is 4.46. The predicted molar refractivity (Wildman–Crippen MR) is 119 cm³/mol. The summed E-state index contributed by atoms with van der Waals surface area (Å²) in [5.74, 6) is -0.171. The summed E-state index contributed by atoms with van der Waals surface area (Å²) in [5, 5.41) is 2.37. The number of carbonyl (C=O) groups is 1. The second kappa shape index (κ2) is 7.67. The van der Waals surface area contributed by atoms with Gasteiger partial charge < -0.3 is 4.74 Å². The van der Waals surface area contributed by atoms with E-state index in [1.54, 1.807) is 0 Å². The number of hydrogen-bond acceptors (Lipinski definition) is 2. The van der Waals surface area contributed by atoms with Gasteiger partial charge in [-0.3, -0.25) is 4.79 Å². The lowest BCUT2D eigenvalue weighted by Gasteiger charge is -2.22. The molecular formula is C26H26NO2+. The smallest absolute Gasteiger partial charge is 0.307 e. The van der Waals surface area contributed by atoms with E-state index in [0.29, 0.717) is 13.0 Å². The van der Waals surface area contributed by atoms with Crippen LogP contribution in [0.3, 0.4) is 0 Å². The van der Waals surface area contributed by atoms with Crippen molar-refractivity contribution in [3.63, 3.8) is 0 Å². The Morgan fingerprint density at radius 1 is 1.00 bits per heavy atom. The summed E-state index contributed by atoms with van der Waals surface area (Å²) in [4.78, 5) is 12.6. The van der Waals surface area contributed by atoms with E-state index in [2.05, 4.69) is 79.2 Å². The van der Waals surface area contributed by atoms with Crippen molar-refractivity contribution in [1.29, 1.82) is 0 Å². The van der Waals surface area contributed by atoms with Crippen molar-refractivity contribution in [2.45, 2.75) is 25.7 Å². The Kier molecular flexibility index (Phi) is 5.06. The third-order valence-corrected chi connectivity index (χ3v) is 5.78. The molecule has 3 aromatic carbocycles. The van der Waals surface area contributed by atoms with Crippen LogP contribution >= 0.6 is 0 Å². The number of allylic oxidation sites excluding steroid dienone is 1. The lowest BCUT2D eigenvalue weighted by Crippen LogP contribution is -2.34. The Bertz CT molecular complexity index is 1130. The maximum absolute atomic E-state index is 12.6. The lowest BCUT2D eigenvalue weighted by molar-refractivity contribution is -0.401. The summed E-state index contributed by atoms with van der Waals surface area (Å²) in [5.41, 5.74) is 4.10. The molecule has 0 saturated carbocycles. The van der Waals surface area contributed by atoms with Gasteiger partial charge >= 0.3 is 5.97 Å². The molecule has 3 heteroatoms. The molecule has 146 valence electrons. The summed E-state index contributed by atoms with van der Waals surface area (Å²) in [6.07, 6.45) is 4.56. The van der Waals surface area contributed by atoms with Gasteiger partial charge in [0.1, 0.15) is 7.05 Å². The molecule has 29 heavy (non-hydrogen) atoms. The molecule has 0 aliphatic carbocycles. The largest absolute Gasteiger partial charge is 0.466 e. The highest BCUT2D eigenvalue weighted by molar-refractivity contribution is 6.10. The molecule has 0 N–H and O–H groups in total. The molecule has 1 heterocycles. The van der Waals surface area contributed by atoms with Gasteiger partial charge in [0.2, 0.25) is 5.69 Å². The van der Waals surface area contributed by atoms with Crippen LogP contribution in [0.25, 0.3) is 16.8 Å². The van der Waals surface area contributed by atoms with Crippen LogP contribution in [-0.4, -0.2) is 29.9 Å². The first-order chi connectivity index (χ1) is 14.0. The number of benzene rings is 3. The summed E-state index contributed by atoms with van der Waals surface area (Å²) in [6, 6.07) is 22.9. The second-order valence-electron chi connectivity index (χ2n) is 7.68. The van der Waals surface area contributed by atoms with Gasteiger partial charge in [-0.1, -0.05) is 54.6 Å². The van der Waals surface area contributed by atoms with Gasteiger partial charge in [-0.15, -0.1) is 0 Å². The minimum Gasteiger partial charge on any atom is -0.466 e. The fraction of sp³-hybridized carbons (Fsp3) is 0.231. The van der Waals surface area contributed by atoms with Gasteiger partial charge in [0.15, 0.2) is 5.71 Å². The van der Waals surface area contributed by atoms with Crippen LogP contribution in [-0.2, 0) is 14.9 Å². The molecule has 1 unspecified atom stereocenters. The van der Waals surface area contributed by atoms with Gasteiger partial charge in [0.25, 0.3) is 0 Å². The maximum atomic E-state index is 12.6. The molecule has 0 radical (unpaired) electrons. The van der Waals surface area contributed by atoms with Crippen LogP contribution in [0.2, 0.25) is 0 Å². The van der Waals surface area contributed by atoms with Crippen molar-refractivity contribution in [3.05, 3.63) is 83.9 Å². The average molecular weight is 384 g/mol. The van der Waals surface area contributed by atoms with Crippen molar-refractivity contribution >= 4 is 34.2 Å². The van der Waals surface area contributed by atoms with Crippen molar-refractivity contribution < 1.29 is 14.1 Å². The van der Waals surface area contributed by atoms with E-state index in [-0.39, 0.29) is 5.97 Å². The van der Waals surface area contributed by atoms with Crippen molar-refractivity contribution in [3.8, 4) is 0 Å². The number of esters is 1. The molecule has 0 fully saturated rings. The summed E-state index contributed by atoms with van der Waals surface area (Å²) < 4.78 is 7.56. The third-order valence-electron chi connectivity index (χ3n) is 5.78. The Labute approximate surface area is 172 Å². The molecule has 0 spiro atoms. The number of fused-ring (bicyclic) bond motifs is 3. The monoisotopic (exact) mass is 384 g/mol. The number of nitrogens with zero attached hydrogens (tertiary/aromatic N) is 1. The Hall–Kier alpha value is -3.20. The van der Waals surface area contributed by atoms with Crippen molar-refractivity contribution in [2.24, 2.45) is 0 Å². The van der Waals surface area contributed by atoms with Gasteiger partial charge in [-0.25, -0.2) is 0 Å². The van der Waals surface area contributed by atoms with Gasteiger partial charge in [0.05, 0.1) is 18.4 Å². The van der Waals surface area contributed by atoms with Crippen LogP contribution in [0.5, 0.6) is 0 Å². The quantitative estimate of drug-likeness (QED) is 0.430. The summed E-state index contributed by atoms with van der Waals surface area (Å²) in [7, 11) is 2.08. The highest BCUT2D eigenvalue weighted by atomic mass is 16.5. The van der Waals surface area contributed by atoms with Crippen LogP contribution in [0, 0.1) is 0 Å². The van der Waals surface area contributed by atoms with E-state index >= 15 is 0 Å². The molecule has 1 aliphatic heterocycles. The number of ether oxygens (including phenoxy) is 1. The molecule has 4 rings (SSSR count). The SMILES string of the molecule is CCOC(=O)CC1(C)C(C=Cc2ccccc2)=[N+](C)c2ccc3ccccc3c21. The van der Waals surface area contributed by atoms with Crippen molar-refractivity contribution in [2.75, 3.05) is 13.7 Å². The molecule has 1 atom stereocenters. The van der Waals surface area contributed by atoms with E-state index < -0.39 is 5.41 Å². The topological polar surface area (TPSA) is 29.3 Å². The van der Waals surface area contributed by atoms with Crippen LogP contribution in [0.15, 0.2) is 72.8 Å². The minimum absolute atomic E-state index is 0.171. The zero-order valence-electron chi connectivity index (χ0n) is 17.2. The van der Waals surface area contributed by atoms with E-state index in [1.165, 1.54) is 16.3 Å². The zero-order valence-corrected chi connectivity index (χ0v) is 17.2. The average Bonchev–Trinajstić information content (AvgIpc) is 2.94. The van der Waals surface area contributed by atoms with Crippen LogP contribution in [0.4, 0.5) is 5.69 Å². The first kappa shape index (κ1) is 19.1. The first-order valence-corrected chi connectivity index (χ1v) is 10.1. The second-order valence-corrected chi connectivity index (χ2v) is 7.68. The molecular weight excluding hydrogens is 358 g/mol. The molecule has 0 bridgehead atoms. The highest BCUT2D eigenvalue weighted by Gasteiger charge is 2.49. The third kappa shape index (κ3) is 3.38. The zero-order chi connectivity index (χ0) is 20.4. The van der Waals surface area contributed by atoms with E-state index in [9.17, 15) is 4.79 Å². The maximum Gasteiger partial charge on any atom is 0.307 e. The van der Waals surface area contributed by atoms with E-state index in [0.717, 1.165) is 17.0 Å². The Balaban J connectivity index is 1.88. The number of carbonyl (C=O) groups excluding carboxylic acids is 1. The fourth-order valence-electron chi connectivity index (χ4n) is 4.46. The molecule has 1 aliphatic rings. The van der Waals surface area contributed by atoms with E-state index in [1.807, 2.05) is 25.1 Å². The predicted octanol–water partition coefficient (Wildman–Crippen LogP) is 5.49. The van der Waals surface area contributed by atoms with Crippen LogP contribution in [0.1, 0.15) is 31.4 Å². The highest BCUT2D eigenvalue weighted by Crippen LogP contribution is 2.46. The first-order valence-electron chi connectivity index (χ1n) is 10.1. The van der Waals surface area contributed by atoms with E-state index in [4.69, 9.17) is 4.74 Å². The number of rotatable bonds is 5. The summed E-state index contributed by atoms with van der Waals surface area (Å²) in [6.45, 7) is 4.40. The van der Waals surface area contributed by atoms with Gasteiger partial charge in [-0.05, 0) is 42.3 Å². The van der Waals surface area contributed by atoms with Crippen LogP contribution < -0.4 is 0 Å². The standard InChI is InChI=1S/C26H26NO2/c1-4-29-24(28)18-26(2)23(17-14-19-10-6-5-7-11-19)27(3)22-16-15-20-12-8-9-13-21(20)25(22)26/h5-17H,4,18H2,1-3H3/q+1. The summed E-state index contributed by atoms with van der Waals surface area (Å²) >= 11 is 0. The number of hydrogen-bond donors (Lipinski definition) is 0. The lowest BCUT2D eigenvalue weighted by atomic mass is 9.74. The molecule has 3 aromatic rings. The van der Waals surface area contributed by atoms with Gasteiger partial charge in [-0.2, -0.15) is 4.58 Å². The Morgan fingerprint density at radius 3 is 2.48 bits per heavy atom. The molecule has 3 nitrogen and oxygen atoms in total.